The smallest absolute Gasteiger partial charge is 0.0614 e. The lowest BCUT2D eigenvalue weighted by molar-refractivity contribution is 0.992. The third-order valence-corrected chi connectivity index (χ3v) is 4.54. The molecule has 4 N–H and O–H groups in total. The standard InChI is InChI=1S/C12H20N2S2/c1-5-7-8(6-2)11(15-3)10(14)12(16-4)9(7)13/h5-6,13-14H2,1-4H3. The van der Waals surface area contributed by atoms with Crippen molar-refractivity contribution in [3.63, 3.8) is 0 Å². The lowest BCUT2D eigenvalue weighted by Gasteiger charge is -2.20. The van der Waals surface area contributed by atoms with Gasteiger partial charge in [-0.25, -0.2) is 0 Å². The summed E-state index contributed by atoms with van der Waals surface area (Å²) in [6.45, 7) is 4.31. The molecule has 0 amide bonds. The van der Waals surface area contributed by atoms with Gasteiger partial charge in [0.1, 0.15) is 0 Å². The number of anilines is 2. The minimum Gasteiger partial charge on any atom is -0.398 e. The van der Waals surface area contributed by atoms with Crippen molar-refractivity contribution in [2.75, 3.05) is 24.0 Å². The molecule has 4 heteroatoms. The van der Waals surface area contributed by atoms with Gasteiger partial charge in [-0.05, 0) is 36.5 Å². The first-order valence-corrected chi connectivity index (χ1v) is 7.87. The van der Waals surface area contributed by atoms with Crippen molar-refractivity contribution < 1.29 is 0 Å². The fourth-order valence-electron chi connectivity index (χ4n) is 2.08. The van der Waals surface area contributed by atoms with Crippen molar-refractivity contribution >= 4 is 34.9 Å². The Hall–Kier alpha value is -0.480. The first-order valence-electron chi connectivity index (χ1n) is 5.42. The van der Waals surface area contributed by atoms with Gasteiger partial charge >= 0.3 is 0 Å². The zero-order valence-electron chi connectivity index (χ0n) is 10.4. The largest absolute Gasteiger partial charge is 0.398 e. The summed E-state index contributed by atoms with van der Waals surface area (Å²) >= 11 is 3.36. The molecular weight excluding hydrogens is 236 g/mol. The molecule has 0 heterocycles. The van der Waals surface area contributed by atoms with Gasteiger partial charge in [0, 0.05) is 4.90 Å². The van der Waals surface area contributed by atoms with E-state index in [1.165, 1.54) is 16.0 Å². The summed E-state index contributed by atoms with van der Waals surface area (Å²) in [7, 11) is 0. The second kappa shape index (κ2) is 5.73. The van der Waals surface area contributed by atoms with Gasteiger partial charge in [-0.2, -0.15) is 0 Å². The summed E-state index contributed by atoms with van der Waals surface area (Å²) in [6.07, 6.45) is 6.06. The molecule has 0 aliphatic carbocycles. The molecule has 90 valence electrons. The van der Waals surface area contributed by atoms with E-state index in [9.17, 15) is 0 Å². The first kappa shape index (κ1) is 13.6. The first-order chi connectivity index (χ1) is 7.62. The molecular formula is C12H20N2S2. The normalized spacial score (nSPS) is 10.8. The van der Waals surface area contributed by atoms with Crippen LogP contribution in [0.1, 0.15) is 25.0 Å². The van der Waals surface area contributed by atoms with Gasteiger partial charge in [-0.1, -0.05) is 13.8 Å². The molecule has 1 aromatic carbocycles. The molecule has 0 saturated carbocycles. The molecule has 0 fully saturated rings. The molecule has 0 saturated heterocycles. The van der Waals surface area contributed by atoms with Crippen LogP contribution in [0.2, 0.25) is 0 Å². The number of nitrogen functional groups attached to an aromatic ring is 2. The molecule has 2 nitrogen and oxygen atoms in total. The molecule has 0 aromatic heterocycles. The van der Waals surface area contributed by atoms with Crippen LogP contribution in [0.5, 0.6) is 0 Å². The molecule has 0 atom stereocenters. The van der Waals surface area contributed by atoms with E-state index >= 15 is 0 Å². The van der Waals surface area contributed by atoms with Crippen molar-refractivity contribution in [2.24, 2.45) is 0 Å². The maximum absolute atomic E-state index is 6.20. The lowest BCUT2D eigenvalue weighted by Crippen LogP contribution is -2.06. The van der Waals surface area contributed by atoms with Crippen molar-refractivity contribution in [3.8, 4) is 0 Å². The monoisotopic (exact) mass is 256 g/mol. The molecule has 0 aliphatic heterocycles. The second-order valence-electron chi connectivity index (χ2n) is 3.56. The summed E-state index contributed by atoms with van der Waals surface area (Å²) in [5.74, 6) is 0. The average Bonchev–Trinajstić information content (AvgIpc) is 2.29. The minimum absolute atomic E-state index is 0.853. The van der Waals surface area contributed by atoms with Crippen LogP contribution in [-0.2, 0) is 12.8 Å². The number of thioether (sulfide) groups is 2. The van der Waals surface area contributed by atoms with Crippen molar-refractivity contribution in [1.29, 1.82) is 0 Å². The van der Waals surface area contributed by atoms with E-state index in [0.29, 0.717) is 0 Å². The summed E-state index contributed by atoms with van der Waals surface area (Å²) in [5.41, 5.74) is 16.7. The van der Waals surface area contributed by atoms with E-state index < -0.39 is 0 Å². The number of nitrogens with two attached hydrogens (primary N) is 2. The summed E-state index contributed by atoms with van der Waals surface area (Å²) in [5, 5.41) is 0. The van der Waals surface area contributed by atoms with Gasteiger partial charge in [0.15, 0.2) is 0 Å². The van der Waals surface area contributed by atoms with Crippen LogP contribution in [0.4, 0.5) is 11.4 Å². The third kappa shape index (κ3) is 2.13. The van der Waals surface area contributed by atoms with E-state index in [0.717, 1.165) is 29.1 Å². The van der Waals surface area contributed by atoms with Gasteiger partial charge in [0.2, 0.25) is 0 Å². The predicted octanol–water partition coefficient (Wildman–Crippen LogP) is 3.42. The molecule has 16 heavy (non-hydrogen) atoms. The van der Waals surface area contributed by atoms with E-state index in [-0.39, 0.29) is 0 Å². The van der Waals surface area contributed by atoms with E-state index in [4.69, 9.17) is 11.5 Å². The summed E-state index contributed by atoms with van der Waals surface area (Å²) in [4.78, 5) is 2.25. The highest BCUT2D eigenvalue weighted by atomic mass is 32.2. The highest BCUT2D eigenvalue weighted by Crippen LogP contribution is 2.42. The molecule has 0 radical (unpaired) electrons. The van der Waals surface area contributed by atoms with Gasteiger partial charge in [0.25, 0.3) is 0 Å². The summed E-state index contributed by atoms with van der Waals surface area (Å²) < 4.78 is 0. The van der Waals surface area contributed by atoms with Crippen molar-refractivity contribution in [3.05, 3.63) is 11.1 Å². The topological polar surface area (TPSA) is 52.0 Å². The highest BCUT2D eigenvalue weighted by Gasteiger charge is 2.17. The van der Waals surface area contributed by atoms with Crippen LogP contribution in [0.15, 0.2) is 9.79 Å². The van der Waals surface area contributed by atoms with Crippen LogP contribution in [0, 0.1) is 0 Å². The van der Waals surface area contributed by atoms with Crippen LogP contribution in [-0.4, -0.2) is 12.5 Å². The molecule has 1 rings (SSSR count). The minimum atomic E-state index is 0.853. The fraction of sp³-hybridized carbons (Fsp3) is 0.500. The fourth-order valence-corrected chi connectivity index (χ4v) is 3.64. The lowest BCUT2D eigenvalue weighted by atomic mass is 10.00. The van der Waals surface area contributed by atoms with Gasteiger partial charge in [0.05, 0.1) is 16.3 Å². The van der Waals surface area contributed by atoms with Gasteiger partial charge in [-0.3, -0.25) is 0 Å². The molecule has 0 aliphatic rings. The van der Waals surface area contributed by atoms with Crippen molar-refractivity contribution in [2.45, 2.75) is 36.5 Å². The quantitative estimate of drug-likeness (QED) is 0.640. The number of benzene rings is 1. The SMILES string of the molecule is CCc1c(N)c(SC)c(N)c(SC)c1CC. The Kier molecular flexibility index (Phi) is 4.87. The Morgan fingerprint density at radius 1 is 0.812 bits per heavy atom. The molecule has 0 bridgehead atoms. The average molecular weight is 256 g/mol. The zero-order chi connectivity index (χ0) is 12.3. The third-order valence-electron chi connectivity index (χ3n) is 2.81. The zero-order valence-corrected chi connectivity index (χ0v) is 12.0. The highest BCUT2D eigenvalue weighted by molar-refractivity contribution is 7.99. The Labute approximate surface area is 107 Å². The van der Waals surface area contributed by atoms with Crippen LogP contribution in [0.3, 0.4) is 0 Å². The maximum atomic E-state index is 6.20. The predicted molar refractivity (Wildman–Crippen MR) is 77.6 cm³/mol. The Morgan fingerprint density at radius 2 is 1.31 bits per heavy atom. The van der Waals surface area contributed by atoms with Crippen LogP contribution < -0.4 is 11.5 Å². The van der Waals surface area contributed by atoms with E-state index in [1.807, 2.05) is 6.26 Å². The number of hydrogen-bond acceptors (Lipinski definition) is 4. The number of hydrogen-bond donors (Lipinski definition) is 2. The number of rotatable bonds is 4. The molecule has 0 spiro atoms. The molecule has 0 unspecified atom stereocenters. The van der Waals surface area contributed by atoms with Gasteiger partial charge in [-0.15, -0.1) is 23.5 Å². The Morgan fingerprint density at radius 3 is 1.69 bits per heavy atom. The summed E-state index contributed by atoms with van der Waals surface area (Å²) in [6, 6.07) is 0. The van der Waals surface area contributed by atoms with E-state index in [2.05, 4.69) is 20.1 Å². The Bertz CT molecular complexity index is 358. The van der Waals surface area contributed by atoms with Crippen molar-refractivity contribution in [1.82, 2.24) is 0 Å². The Balaban J connectivity index is 3.61. The van der Waals surface area contributed by atoms with Crippen LogP contribution >= 0.6 is 23.5 Å². The molecule has 1 aromatic rings. The van der Waals surface area contributed by atoms with E-state index in [1.54, 1.807) is 23.5 Å². The second-order valence-corrected chi connectivity index (χ2v) is 5.19. The van der Waals surface area contributed by atoms with Gasteiger partial charge < -0.3 is 11.5 Å². The van der Waals surface area contributed by atoms with Crippen LogP contribution in [0.25, 0.3) is 0 Å². The maximum Gasteiger partial charge on any atom is 0.0614 e.